The van der Waals surface area contributed by atoms with Gasteiger partial charge in [0.1, 0.15) is 0 Å². The van der Waals surface area contributed by atoms with E-state index in [-0.39, 0.29) is 0 Å². The Morgan fingerprint density at radius 2 is 2.00 bits per heavy atom. The molecule has 0 aromatic carbocycles. The largest absolute Gasteiger partial charge is 0.0822 e. The van der Waals surface area contributed by atoms with E-state index in [1.54, 1.807) is 5.57 Å². The van der Waals surface area contributed by atoms with Crippen molar-refractivity contribution in [1.82, 2.24) is 0 Å². The van der Waals surface area contributed by atoms with E-state index in [0.29, 0.717) is 5.41 Å². The predicted molar refractivity (Wildman–Crippen MR) is 55.1 cm³/mol. The molecule has 0 spiro atoms. The van der Waals surface area contributed by atoms with Gasteiger partial charge in [-0.1, -0.05) is 39.3 Å². The Labute approximate surface area is 77.1 Å². The molecule has 0 aromatic heterocycles. The van der Waals surface area contributed by atoms with E-state index in [4.69, 9.17) is 0 Å². The molecule has 0 radical (unpaired) electrons. The van der Waals surface area contributed by atoms with Gasteiger partial charge in [-0.25, -0.2) is 0 Å². The van der Waals surface area contributed by atoms with E-state index in [9.17, 15) is 0 Å². The van der Waals surface area contributed by atoms with Crippen molar-refractivity contribution in [3.63, 3.8) is 0 Å². The fraction of sp³-hybridized carbons (Fsp3) is 0.833. The SMILES string of the molecule is CCC1C=C(C)CC1C(C)(C)C. The van der Waals surface area contributed by atoms with Crippen molar-refractivity contribution in [2.24, 2.45) is 17.3 Å². The maximum absolute atomic E-state index is 2.48. The molecule has 0 nitrogen and oxygen atoms in total. The van der Waals surface area contributed by atoms with Crippen LogP contribution in [0.4, 0.5) is 0 Å². The lowest BCUT2D eigenvalue weighted by Gasteiger charge is -2.32. The highest BCUT2D eigenvalue weighted by molar-refractivity contribution is 5.13. The Bertz CT molecular complexity index is 181. The van der Waals surface area contributed by atoms with Gasteiger partial charge in [0, 0.05) is 0 Å². The quantitative estimate of drug-likeness (QED) is 0.516. The third-order valence-corrected chi connectivity index (χ3v) is 3.14. The van der Waals surface area contributed by atoms with Crippen LogP contribution in [0.5, 0.6) is 0 Å². The summed E-state index contributed by atoms with van der Waals surface area (Å²) in [4.78, 5) is 0. The number of allylic oxidation sites excluding steroid dienone is 2. The maximum Gasteiger partial charge on any atom is -0.0197 e. The van der Waals surface area contributed by atoms with Crippen LogP contribution in [0.15, 0.2) is 11.6 Å². The Morgan fingerprint density at radius 1 is 1.42 bits per heavy atom. The second-order valence-electron chi connectivity index (χ2n) is 5.26. The van der Waals surface area contributed by atoms with Gasteiger partial charge in [-0.2, -0.15) is 0 Å². The Kier molecular flexibility index (Phi) is 2.65. The van der Waals surface area contributed by atoms with E-state index in [1.165, 1.54) is 12.8 Å². The molecule has 0 aromatic rings. The minimum atomic E-state index is 0.481. The molecular weight excluding hydrogens is 144 g/mol. The molecule has 0 heterocycles. The molecule has 1 aliphatic rings. The first kappa shape index (κ1) is 9.83. The molecular formula is C12H22. The molecule has 1 aliphatic carbocycles. The summed E-state index contributed by atoms with van der Waals surface area (Å²) in [5.74, 6) is 1.72. The van der Waals surface area contributed by atoms with E-state index in [2.05, 4.69) is 40.7 Å². The Morgan fingerprint density at radius 3 is 2.33 bits per heavy atom. The second-order valence-corrected chi connectivity index (χ2v) is 5.26. The lowest BCUT2D eigenvalue weighted by molar-refractivity contribution is 0.194. The predicted octanol–water partition coefficient (Wildman–Crippen LogP) is 4.02. The van der Waals surface area contributed by atoms with Gasteiger partial charge in [-0.05, 0) is 37.0 Å². The first-order chi connectivity index (χ1) is 5.45. The van der Waals surface area contributed by atoms with E-state index < -0.39 is 0 Å². The van der Waals surface area contributed by atoms with E-state index >= 15 is 0 Å². The van der Waals surface area contributed by atoms with Crippen LogP contribution in [0.2, 0.25) is 0 Å². The molecule has 1 rings (SSSR count). The van der Waals surface area contributed by atoms with Crippen molar-refractivity contribution in [3.05, 3.63) is 11.6 Å². The molecule has 2 atom stereocenters. The summed E-state index contributed by atoms with van der Waals surface area (Å²) < 4.78 is 0. The van der Waals surface area contributed by atoms with Crippen LogP contribution in [-0.2, 0) is 0 Å². The van der Waals surface area contributed by atoms with Crippen molar-refractivity contribution in [1.29, 1.82) is 0 Å². The van der Waals surface area contributed by atoms with Crippen LogP contribution < -0.4 is 0 Å². The molecule has 0 aliphatic heterocycles. The fourth-order valence-corrected chi connectivity index (χ4v) is 2.40. The summed E-state index contributed by atoms with van der Waals surface area (Å²) in [6.07, 6.45) is 5.11. The minimum Gasteiger partial charge on any atom is -0.0822 e. The van der Waals surface area contributed by atoms with Gasteiger partial charge in [0.25, 0.3) is 0 Å². The Balaban J connectivity index is 2.71. The highest BCUT2D eigenvalue weighted by Gasteiger charge is 2.33. The van der Waals surface area contributed by atoms with Crippen LogP contribution in [0.1, 0.15) is 47.5 Å². The molecule has 0 N–H and O–H groups in total. The molecule has 0 fully saturated rings. The van der Waals surface area contributed by atoms with Crippen molar-refractivity contribution in [2.75, 3.05) is 0 Å². The smallest absolute Gasteiger partial charge is 0.0197 e. The number of hydrogen-bond acceptors (Lipinski definition) is 0. The van der Waals surface area contributed by atoms with Gasteiger partial charge >= 0.3 is 0 Å². The average molecular weight is 166 g/mol. The summed E-state index contributed by atoms with van der Waals surface area (Å²) in [6, 6.07) is 0. The highest BCUT2D eigenvalue weighted by Crippen LogP contribution is 2.43. The zero-order valence-electron chi connectivity index (χ0n) is 9.15. The fourth-order valence-electron chi connectivity index (χ4n) is 2.40. The lowest BCUT2D eigenvalue weighted by Crippen LogP contribution is -2.24. The first-order valence-corrected chi connectivity index (χ1v) is 5.12. The van der Waals surface area contributed by atoms with Gasteiger partial charge in [0.15, 0.2) is 0 Å². The number of rotatable bonds is 1. The molecule has 0 saturated heterocycles. The monoisotopic (exact) mass is 166 g/mol. The molecule has 0 amide bonds. The van der Waals surface area contributed by atoms with Gasteiger partial charge in [0.05, 0.1) is 0 Å². The van der Waals surface area contributed by atoms with E-state index in [1.807, 2.05) is 0 Å². The topological polar surface area (TPSA) is 0 Å². The summed E-state index contributed by atoms with van der Waals surface area (Å²) in [6.45, 7) is 11.7. The maximum atomic E-state index is 2.48. The molecule has 70 valence electrons. The molecule has 12 heavy (non-hydrogen) atoms. The third kappa shape index (κ3) is 1.91. The van der Waals surface area contributed by atoms with Gasteiger partial charge < -0.3 is 0 Å². The van der Waals surface area contributed by atoms with Crippen LogP contribution in [0.3, 0.4) is 0 Å². The van der Waals surface area contributed by atoms with Gasteiger partial charge in [-0.3, -0.25) is 0 Å². The molecule has 0 saturated carbocycles. The first-order valence-electron chi connectivity index (χ1n) is 5.12. The molecule has 0 bridgehead atoms. The summed E-state index contributed by atoms with van der Waals surface area (Å²) in [7, 11) is 0. The van der Waals surface area contributed by atoms with Crippen LogP contribution in [0.25, 0.3) is 0 Å². The highest BCUT2D eigenvalue weighted by atomic mass is 14.4. The van der Waals surface area contributed by atoms with E-state index in [0.717, 1.165) is 11.8 Å². The second kappa shape index (κ2) is 3.24. The van der Waals surface area contributed by atoms with Crippen molar-refractivity contribution in [3.8, 4) is 0 Å². The third-order valence-electron chi connectivity index (χ3n) is 3.14. The zero-order chi connectivity index (χ0) is 9.35. The summed E-state index contributed by atoms with van der Waals surface area (Å²) >= 11 is 0. The minimum absolute atomic E-state index is 0.481. The molecule has 2 unspecified atom stereocenters. The normalized spacial score (nSPS) is 30.6. The van der Waals surface area contributed by atoms with Crippen molar-refractivity contribution < 1.29 is 0 Å². The van der Waals surface area contributed by atoms with Crippen LogP contribution in [-0.4, -0.2) is 0 Å². The summed E-state index contributed by atoms with van der Waals surface area (Å²) in [5, 5.41) is 0. The Hall–Kier alpha value is -0.260. The van der Waals surface area contributed by atoms with Crippen molar-refractivity contribution in [2.45, 2.75) is 47.5 Å². The zero-order valence-corrected chi connectivity index (χ0v) is 9.15. The molecule has 0 heteroatoms. The standard InChI is InChI=1S/C12H22/c1-6-10-7-9(2)8-11(10)12(3,4)5/h7,10-11H,6,8H2,1-5H3. The van der Waals surface area contributed by atoms with Gasteiger partial charge in [-0.15, -0.1) is 0 Å². The summed E-state index contributed by atoms with van der Waals surface area (Å²) in [5.41, 5.74) is 2.08. The average Bonchev–Trinajstić information content (AvgIpc) is 2.29. The number of hydrogen-bond donors (Lipinski definition) is 0. The van der Waals surface area contributed by atoms with Gasteiger partial charge in [0.2, 0.25) is 0 Å². The van der Waals surface area contributed by atoms with Crippen LogP contribution >= 0.6 is 0 Å². The van der Waals surface area contributed by atoms with Crippen molar-refractivity contribution >= 4 is 0 Å². The lowest BCUT2D eigenvalue weighted by atomic mass is 9.73. The van der Waals surface area contributed by atoms with Crippen LogP contribution in [0, 0.1) is 17.3 Å².